The van der Waals surface area contributed by atoms with E-state index in [1.54, 1.807) is 0 Å². The van der Waals surface area contributed by atoms with Gasteiger partial charge in [-0.05, 0) is 38.4 Å². The predicted molar refractivity (Wildman–Crippen MR) is 92.6 cm³/mol. The highest BCUT2D eigenvalue weighted by Crippen LogP contribution is 2.21. The van der Waals surface area contributed by atoms with Crippen LogP contribution in [0.1, 0.15) is 25.3 Å². The topological polar surface area (TPSA) is 28.6 Å². The SMILES string of the molecule is CCOc1ccc(CN2CCC(N3CCSCC3)CC2)cn1. The molecule has 3 rings (SSSR count). The van der Waals surface area contributed by atoms with Crippen LogP contribution in [0, 0.1) is 0 Å². The van der Waals surface area contributed by atoms with Gasteiger partial charge in [0.15, 0.2) is 0 Å². The summed E-state index contributed by atoms with van der Waals surface area (Å²) in [7, 11) is 0. The van der Waals surface area contributed by atoms with Gasteiger partial charge >= 0.3 is 0 Å². The van der Waals surface area contributed by atoms with E-state index < -0.39 is 0 Å². The summed E-state index contributed by atoms with van der Waals surface area (Å²) in [5.41, 5.74) is 1.29. The minimum Gasteiger partial charge on any atom is -0.478 e. The zero-order chi connectivity index (χ0) is 15.2. The maximum Gasteiger partial charge on any atom is 0.213 e. The highest BCUT2D eigenvalue weighted by atomic mass is 32.2. The first-order valence-corrected chi connectivity index (χ1v) is 9.62. The fourth-order valence-corrected chi connectivity index (χ4v) is 4.31. The lowest BCUT2D eigenvalue weighted by molar-refractivity contribution is 0.112. The van der Waals surface area contributed by atoms with Crippen LogP contribution in [0.4, 0.5) is 0 Å². The van der Waals surface area contributed by atoms with Crippen LogP contribution >= 0.6 is 11.8 Å². The van der Waals surface area contributed by atoms with Crippen molar-refractivity contribution in [2.45, 2.75) is 32.4 Å². The van der Waals surface area contributed by atoms with Crippen LogP contribution in [-0.2, 0) is 6.54 Å². The summed E-state index contributed by atoms with van der Waals surface area (Å²) >= 11 is 2.10. The fourth-order valence-electron chi connectivity index (χ4n) is 3.38. The zero-order valence-electron chi connectivity index (χ0n) is 13.5. The summed E-state index contributed by atoms with van der Waals surface area (Å²) < 4.78 is 5.40. The van der Waals surface area contributed by atoms with Crippen LogP contribution in [0.15, 0.2) is 18.3 Å². The second kappa shape index (κ2) is 8.18. The number of ether oxygens (including phenoxy) is 1. The van der Waals surface area contributed by atoms with Gasteiger partial charge in [-0.15, -0.1) is 0 Å². The molecule has 3 heterocycles. The normalized spacial score (nSPS) is 21.9. The molecule has 2 aliphatic rings. The molecule has 0 saturated carbocycles. The monoisotopic (exact) mass is 321 g/mol. The Morgan fingerprint density at radius 2 is 1.95 bits per heavy atom. The predicted octanol–water partition coefficient (Wildman–Crippen LogP) is 2.49. The zero-order valence-corrected chi connectivity index (χ0v) is 14.4. The first-order chi connectivity index (χ1) is 10.8. The molecule has 2 fully saturated rings. The van der Waals surface area contributed by atoms with Crippen molar-refractivity contribution in [3.05, 3.63) is 23.9 Å². The van der Waals surface area contributed by atoms with Gasteiger partial charge in [0.25, 0.3) is 0 Å². The van der Waals surface area contributed by atoms with Gasteiger partial charge in [-0.25, -0.2) is 4.98 Å². The lowest BCUT2D eigenvalue weighted by Gasteiger charge is -2.40. The van der Waals surface area contributed by atoms with Gasteiger partial charge in [0.1, 0.15) is 0 Å². The minimum atomic E-state index is 0.675. The van der Waals surface area contributed by atoms with E-state index in [4.69, 9.17) is 4.74 Å². The van der Waals surface area contributed by atoms with Crippen LogP contribution in [0.5, 0.6) is 5.88 Å². The van der Waals surface area contributed by atoms with Gasteiger partial charge in [0.2, 0.25) is 5.88 Å². The average Bonchev–Trinajstić information content (AvgIpc) is 2.58. The van der Waals surface area contributed by atoms with E-state index in [1.807, 2.05) is 19.2 Å². The first kappa shape index (κ1) is 16.1. The van der Waals surface area contributed by atoms with Gasteiger partial charge in [0, 0.05) is 49.4 Å². The molecule has 2 saturated heterocycles. The number of nitrogens with zero attached hydrogens (tertiary/aromatic N) is 3. The van der Waals surface area contributed by atoms with E-state index in [2.05, 4.69) is 32.6 Å². The van der Waals surface area contributed by atoms with Crippen LogP contribution in [-0.4, -0.2) is 65.1 Å². The maximum atomic E-state index is 5.40. The van der Waals surface area contributed by atoms with Gasteiger partial charge in [0.05, 0.1) is 6.61 Å². The molecular formula is C17H27N3OS. The molecule has 5 heteroatoms. The van der Waals surface area contributed by atoms with Gasteiger partial charge < -0.3 is 4.74 Å². The van der Waals surface area contributed by atoms with Gasteiger partial charge in [-0.3, -0.25) is 9.80 Å². The van der Waals surface area contributed by atoms with Crippen molar-refractivity contribution < 1.29 is 4.74 Å². The van der Waals surface area contributed by atoms with Crippen LogP contribution in [0.3, 0.4) is 0 Å². The van der Waals surface area contributed by atoms with E-state index in [-0.39, 0.29) is 0 Å². The summed E-state index contributed by atoms with van der Waals surface area (Å²) in [5.74, 6) is 3.36. The number of hydrogen-bond donors (Lipinski definition) is 0. The maximum absolute atomic E-state index is 5.40. The molecule has 0 unspecified atom stereocenters. The van der Waals surface area contributed by atoms with Crippen molar-refractivity contribution in [3.8, 4) is 5.88 Å². The van der Waals surface area contributed by atoms with Crippen molar-refractivity contribution in [2.24, 2.45) is 0 Å². The van der Waals surface area contributed by atoms with Crippen LogP contribution in [0.25, 0.3) is 0 Å². The molecule has 0 N–H and O–H groups in total. The van der Waals surface area contributed by atoms with E-state index >= 15 is 0 Å². The standard InChI is InChI=1S/C17H27N3OS/c1-2-21-17-4-3-15(13-18-17)14-19-7-5-16(6-8-19)20-9-11-22-12-10-20/h3-4,13,16H,2,5-12,14H2,1H3. The summed E-state index contributed by atoms with van der Waals surface area (Å²) in [4.78, 5) is 9.64. The Morgan fingerprint density at radius 1 is 1.18 bits per heavy atom. The number of rotatable bonds is 5. The van der Waals surface area contributed by atoms with Crippen molar-refractivity contribution in [1.82, 2.24) is 14.8 Å². The second-order valence-electron chi connectivity index (χ2n) is 6.09. The molecule has 0 spiro atoms. The van der Waals surface area contributed by atoms with Gasteiger partial charge in [-0.2, -0.15) is 11.8 Å². The number of aromatic nitrogens is 1. The van der Waals surface area contributed by atoms with Crippen molar-refractivity contribution >= 4 is 11.8 Å². The molecular weight excluding hydrogens is 294 g/mol. The molecule has 0 aliphatic carbocycles. The molecule has 1 aromatic heterocycles. The molecule has 0 aromatic carbocycles. The van der Waals surface area contributed by atoms with Crippen molar-refractivity contribution in [2.75, 3.05) is 44.3 Å². The Hall–Kier alpha value is -0.780. The molecule has 0 atom stereocenters. The summed E-state index contributed by atoms with van der Waals surface area (Å²) in [6.07, 6.45) is 4.59. The Bertz CT molecular complexity index is 440. The molecule has 0 bridgehead atoms. The largest absolute Gasteiger partial charge is 0.478 e. The molecule has 22 heavy (non-hydrogen) atoms. The molecule has 122 valence electrons. The van der Waals surface area contributed by atoms with Crippen LogP contribution < -0.4 is 4.74 Å². The Balaban J connectivity index is 1.45. The Morgan fingerprint density at radius 3 is 2.59 bits per heavy atom. The lowest BCUT2D eigenvalue weighted by Crippen LogP contribution is -2.47. The summed E-state index contributed by atoms with van der Waals surface area (Å²) in [6, 6.07) is 4.94. The first-order valence-electron chi connectivity index (χ1n) is 8.47. The Labute approximate surface area is 138 Å². The van der Waals surface area contributed by atoms with E-state index in [0.717, 1.165) is 18.5 Å². The molecule has 1 aromatic rings. The highest BCUT2D eigenvalue weighted by molar-refractivity contribution is 7.99. The van der Waals surface area contributed by atoms with E-state index in [9.17, 15) is 0 Å². The summed E-state index contributed by atoms with van der Waals surface area (Å²) in [5, 5.41) is 0. The third-order valence-corrected chi connectivity index (χ3v) is 5.56. The third-order valence-electron chi connectivity index (χ3n) is 4.62. The van der Waals surface area contributed by atoms with E-state index in [1.165, 1.54) is 56.1 Å². The number of hydrogen-bond acceptors (Lipinski definition) is 5. The number of likely N-dealkylation sites (tertiary alicyclic amines) is 1. The van der Waals surface area contributed by atoms with E-state index in [0.29, 0.717) is 6.61 Å². The molecule has 0 radical (unpaired) electrons. The minimum absolute atomic E-state index is 0.675. The summed E-state index contributed by atoms with van der Waals surface area (Å²) in [6.45, 7) is 8.68. The smallest absolute Gasteiger partial charge is 0.213 e. The third kappa shape index (κ3) is 4.37. The van der Waals surface area contributed by atoms with Crippen molar-refractivity contribution in [3.63, 3.8) is 0 Å². The fraction of sp³-hybridized carbons (Fsp3) is 0.706. The van der Waals surface area contributed by atoms with Crippen molar-refractivity contribution in [1.29, 1.82) is 0 Å². The highest BCUT2D eigenvalue weighted by Gasteiger charge is 2.25. The quantitative estimate of drug-likeness (QED) is 0.831. The Kier molecular flexibility index (Phi) is 5.98. The van der Waals surface area contributed by atoms with Gasteiger partial charge in [-0.1, -0.05) is 6.07 Å². The number of piperidine rings is 1. The molecule has 2 aliphatic heterocycles. The average molecular weight is 321 g/mol. The number of pyridine rings is 1. The van der Waals surface area contributed by atoms with Crippen LogP contribution in [0.2, 0.25) is 0 Å². The lowest BCUT2D eigenvalue weighted by atomic mass is 10.0. The number of thioether (sulfide) groups is 1. The molecule has 0 amide bonds. The second-order valence-corrected chi connectivity index (χ2v) is 7.32. The molecule has 4 nitrogen and oxygen atoms in total.